The predicted octanol–water partition coefficient (Wildman–Crippen LogP) is 1.98. The van der Waals surface area contributed by atoms with Crippen LogP contribution in [0.1, 0.15) is 41.0 Å². The monoisotopic (exact) mass is 284 g/mol. The highest BCUT2D eigenvalue weighted by molar-refractivity contribution is 7.11. The van der Waals surface area contributed by atoms with Crippen molar-refractivity contribution >= 4 is 17.2 Å². The van der Waals surface area contributed by atoms with Gasteiger partial charge in [0.05, 0.1) is 30.0 Å². The van der Waals surface area contributed by atoms with Gasteiger partial charge in [-0.15, -0.1) is 11.3 Å². The molecule has 0 aromatic carbocycles. The average Bonchev–Trinajstić information content (AvgIpc) is 2.88. The van der Waals surface area contributed by atoms with Gasteiger partial charge in [-0.3, -0.25) is 4.79 Å². The van der Waals surface area contributed by atoms with Gasteiger partial charge in [-0.05, 0) is 12.8 Å². The summed E-state index contributed by atoms with van der Waals surface area (Å²) in [6.45, 7) is 0.366. The second-order valence-electron chi connectivity index (χ2n) is 4.70. The molecule has 19 heavy (non-hydrogen) atoms. The van der Waals surface area contributed by atoms with Crippen molar-refractivity contribution in [3.05, 3.63) is 16.1 Å². The van der Waals surface area contributed by atoms with Crippen molar-refractivity contribution in [2.75, 3.05) is 14.2 Å². The van der Waals surface area contributed by atoms with Crippen molar-refractivity contribution in [1.29, 1.82) is 0 Å². The van der Waals surface area contributed by atoms with Crippen LogP contribution in [0.4, 0.5) is 0 Å². The number of amides is 1. The van der Waals surface area contributed by atoms with Crippen LogP contribution in [0, 0.1) is 0 Å². The van der Waals surface area contributed by atoms with Crippen molar-refractivity contribution < 1.29 is 14.3 Å². The molecule has 0 aliphatic heterocycles. The number of hydrogen-bond acceptors (Lipinski definition) is 5. The molecule has 2 atom stereocenters. The van der Waals surface area contributed by atoms with E-state index in [2.05, 4.69) is 10.3 Å². The van der Waals surface area contributed by atoms with E-state index in [-0.39, 0.29) is 18.1 Å². The molecule has 6 heteroatoms. The topological polar surface area (TPSA) is 60.5 Å². The summed E-state index contributed by atoms with van der Waals surface area (Å²) in [5.74, 6) is -0.0662. The first-order chi connectivity index (χ1) is 9.26. The number of ether oxygens (including phenoxy) is 2. The fourth-order valence-electron chi connectivity index (χ4n) is 2.47. The van der Waals surface area contributed by atoms with E-state index in [0.717, 1.165) is 19.3 Å². The fourth-order valence-corrected chi connectivity index (χ4v) is 3.17. The van der Waals surface area contributed by atoms with E-state index in [1.165, 1.54) is 17.8 Å². The van der Waals surface area contributed by atoms with Gasteiger partial charge in [0.15, 0.2) is 0 Å². The van der Waals surface area contributed by atoms with Gasteiger partial charge < -0.3 is 14.8 Å². The number of rotatable bonds is 5. The quantitative estimate of drug-likeness (QED) is 0.898. The van der Waals surface area contributed by atoms with Crippen LogP contribution < -0.4 is 5.32 Å². The highest BCUT2D eigenvalue weighted by atomic mass is 32.1. The zero-order valence-corrected chi connectivity index (χ0v) is 12.2. The van der Waals surface area contributed by atoms with Gasteiger partial charge >= 0.3 is 0 Å². The van der Waals surface area contributed by atoms with E-state index in [0.29, 0.717) is 17.2 Å². The van der Waals surface area contributed by atoms with Gasteiger partial charge in [0.1, 0.15) is 4.88 Å². The van der Waals surface area contributed by atoms with Crippen LogP contribution in [-0.2, 0) is 16.1 Å². The predicted molar refractivity (Wildman–Crippen MR) is 73.3 cm³/mol. The van der Waals surface area contributed by atoms with Crippen molar-refractivity contribution in [2.45, 2.75) is 44.4 Å². The molecule has 1 aliphatic rings. The lowest BCUT2D eigenvalue weighted by Gasteiger charge is -2.30. The first-order valence-electron chi connectivity index (χ1n) is 6.51. The molecule has 0 bridgehead atoms. The third-order valence-electron chi connectivity index (χ3n) is 3.45. The Hall–Kier alpha value is -0.980. The van der Waals surface area contributed by atoms with E-state index in [1.54, 1.807) is 19.7 Å². The molecule has 0 spiro atoms. The van der Waals surface area contributed by atoms with Crippen LogP contribution in [0.5, 0.6) is 0 Å². The van der Waals surface area contributed by atoms with Gasteiger partial charge in [-0.25, -0.2) is 4.98 Å². The lowest BCUT2D eigenvalue weighted by Crippen LogP contribution is -2.45. The molecule has 1 N–H and O–H groups in total. The van der Waals surface area contributed by atoms with Crippen LogP contribution in [0.25, 0.3) is 0 Å². The molecule has 2 rings (SSSR count). The summed E-state index contributed by atoms with van der Waals surface area (Å²) >= 11 is 1.35. The number of methoxy groups -OCH3 is 2. The normalized spacial score (nSPS) is 23.3. The lowest BCUT2D eigenvalue weighted by molar-refractivity contribution is 0.0393. The first kappa shape index (κ1) is 14.4. The minimum absolute atomic E-state index is 0.0662. The molecule has 1 heterocycles. The summed E-state index contributed by atoms with van der Waals surface area (Å²) in [5.41, 5.74) is 2.38. The number of nitrogens with zero attached hydrogens (tertiary/aromatic N) is 1. The van der Waals surface area contributed by atoms with Crippen molar-refractivity contribution in [1.82, 2.24) is 10.3 Å². The number of hydrogen-bond donors (Lipinski definition) is 1. The number of thiazole rings is 1. The summed E-state index contributed by atoms with van der Waals surface area (Å²) in [4.78, 5) is 17.1. The van der Waals surface area contributed by atoms with Gasteiger partial charge in [-0.1, -0.05) is 12.8 Å². The highest BCUT2D eigenvalue weighted by Crippen LogP contribution is 2.22. The molecule has 0 saturated heterocycles. The Labute approximate surface area is 117 Å². The third kappa shape index (κ3) is 3.52. The Morgan fingerprint density at radius 3 is 3.00 bits per heavy atom. The standard InChI is InChI=1S/C13H20N2O3S/c1-17-7-10-12(19-8-14-10)13(16)15-9-5-3-4-6-11(9)18-2/h8-9,11H,3-7H2,1-2H3,(H,15,16). The molecular formula is C13H20N2O3S. The van der Waals surface area contributed by atoms with Crippen LogP contribution in [-0.4, -0.2) is 37.3 Å². The van der Waals surface area contributed by atoms with Gasteiger partial charge in [-0.2, -0.15) is 0 Å². The zero-order chi connectivity index (χ0) is 13.7. The van der Waals surface area contributed by atoms with Crippen molar-refractivity contribution in [2.24, 2.45) is 0 Å². The van der Waals surface area contributed by atoms with Gasteiger partial charge in [0.25, 0.3) is 5.91 Å². The molecule has 106 valence electrons. The Bertz CT molecular complexity index is 422. The van der Waals surface area contributed by atoms with Crippen LogP contribution in [0.15, 0.2) is 5.51 Å². The van der Waals surface area contributed by atoms with Crippen molar-refractivity contribution in [3.8, 4) is 0 Å². The smallest absolute Gasteiger partial charge is 0.263 e. The maximum absolute atomic E-state index is 12.3. The summed E-state index contributed by atoms with van der Waals surface area (Å²) in [5, 5.41) is 3.07. The summed E-state index contributed by atoms with van der Waals surface area (Å²) < 4.78 is 10.5. The Balaban J connectivity index is 2.01. The van der Waals surface area contributed by atoms with Crippen LogP contribution in [0.2, 0.25) is 0 Å². The molecule has 2 unspecified atom stereocenters. The number of aromatic nitrogens is 1. The van der Waals surface area contributed by atoms with Crippen molar-refractivity contribution in [3.63, 3.8) is 0 Å². The second kappa shape index (κ2) is 6.98. The summed E-state index contributed by atoms with van der Waals surface area (Å²) in [6.07, 6.45) is 4.41. The Morgan fingerprint density at radius 1 is 1.47 bits per heavy atom. The largest absolute Gasteiger partial charge is 0.379 e. The van der Waals surface area contributed by atoms with Crippen LogP contribution >= 0.6 is 11.3 Å². The van der Waals surface area contributed by atoms with E-state index < -0.39 is 0 Å². The number of carbonyl (C=O) groups excluding carboxylic acids is 1. The minimum Gasteiger partial charge on any atom is -0.379 e. The molecule has 1 fully saturated rings. The highest BCUT2D eigenvalue weighted by Gasteiger charge is 2.27. The molecule has 1 aromatic rings. The molecule has 0 radical (unpaired) electrons. The average molecular weight is 284 g/mol. The Morgan fingerprint density at radius 2 is 2.26 bits per heavy atom. The molecule has 1 saturated carbocycles. The number of nitrogens with one attached hydrogen (secondary N) is 1. The van der Waals surface area contributed by atoms with Gasteiger partial charge in [0, 0.05) is 14.2 Å². The SMILES string of the molecule is COCc1ncsc1C(=O)NC1CCCCC1OC. The van der Waals surface area contributed by atoms with E-state index >= 15 is 0 Å². The van der Waals surface area contributed by atoms with E-state index in [1.807, 2.05) is 0 Å². The molecule has 5 nitrogen and oxygen atoms in total. The van der Waals surface area contributed by atoms with Crippen LogP contribution in [0.3, 0.4) is 0 Å². The van der Waals surface area contributed by atoms with E-state index in [9.17, 15) is 4.79 Å². The fraction of sp³-hybridized carbons (Fsp3) is 0.692. The lowest BCUT2D eigenvalue weighted by atomic mass is 9.92. The molecule has 1 aromatic heterocycles. The van der Waals surface area contributed by atoms with Gasteiger partial charge in [0.2, 0.25) is 0 Å². The second-order valence-corrected chi connectivity index (χ2v) is 5.55. The number of carbonyl (C=O) groups is 1. The molecular weight excluding hydrogens is 264 g/mol. The molecule has 1 aliphatic carbocycles. The maximum Gasteiger partial charge on any atom is 0.263 e. The maximum atomic E-state index is 12.3. The minimum atomic E-state index is -0.0662. The van der Waals surface area contributed by atoms with E-state index in [4.69, 9.17) is 9.47 Å². The third-order valence-corrected chi connectivity index (χ3v) is 4.32. The Kier molecular flexibility index (Phi) is 5.30. The first-order valence-corrected chi connectivity index (χ1v) is 7.39. The zero-order valence-electron chi connectivity index (χ0n) is 11.3. The summed E-state index contributed by atoms with van der Waals surface area (Å²) in [7, 11) is 3.31. The molecule has 1 amide bonds. The summed E-state index contributed by atoms with van der Waals surface area (Å²) in [6, 6.07) is 0.101.